The maximum Gasteiger partial charge on any atom is 0.225 e. The first-order valence-corrected chi connectivity index (χ1v) is 10.0. The highest BCUT2D eigenvalue weighted by molar-refractivity contribution is 5.89. The van der Waals surface area contributed by atoms with Crippen LogP contribution in [0.4, 0.5) is 4.39 Å². The number of halogens is 1. The molecule has 0 bridgehead atoms. The van der Waals surface area contributed by atoms with Gasteiger partial charge in [-0.3, -0.25) is 14.4 Å². The lowest BCUT2D eigenvalue weighted by molar-refractivity contribution is -0.129. The van der Waals surface area contributed by atoms with Gasteiger partial charge >= 0.3 is 0 Å². The van der Waals surface area contributed by atoms with Crippen molar-refractivity contribution in [3.8, 4) is 0 Å². The molecule has 6 nitrogen and oxygen atoms in total. The minimum Gasteiger partial charge on any atom is -0.354 e. The van der Waals surface area contributed by atoms with Crippen LogP contribution in [0.15, 0.2) is 48.5 Å². The van der Waals surface area contributed by atoms with E-state index in [1.54, 1.807) is 17.0 Å². The van der Waals surface area contributed by atoms with Crippen molar-refractivity contribution in [1.29, 1.82) is 0 Å². The van der Waals surface area contributed by atoms with Crippen LogP contribution in [0.1, 0.15) is 23.1 Å². The Morgan fingerprint density at radius 1 is 1.00 bits per heavy atom. The Labute approximate surface area is 175 Å². The van der Waals surface area contributed by atoms with Gasteiger partial charge in [-0.2, -0.15) is 0 Å². The Morgan fingerprint density at radius 2 is 1.63 bits per heavy atom. The molecule has 1 atom stereocenters. The van der Waals surface area contributed by atoms with Gasteiger partial charge in [-0.1, -0.05) is 42.0 Å². The third-order valence-corrected chi connectivity index (χ3v) is 5.10. The number of amides is 3. The van der Waals surface area contributed by atoms with Gasteiger partial charge < -0.3 is 15.5 Å². The Kier molecular flexibility index (Phi) is 7.17. The fraction of sp³-hybridized carbons (Fsp3) is 0.348. The Bertz CT molecular complexity index is 897. The zero-order valence-electron chi connectivity index (χ0n) is 17.0. The van der Waals surface area contributed by atoms with E-state index >= 15 is 0 Å². The summed E-state index contributed by atoms with van der Waals surface area (Å²) in [6, 6.07) is 13.7. The molecule has 1 unspecified atom stereocenters. The molecular formula is C23H26FN3O3. The molecule has 0 aromatic heterocycles. The molecule has 2 N–H and O–H groups in total. The number of benzene rings is 2. The minimum absolute atomic E-state index is 0.0247. The van der Waals surface area contributed by atoms with E-state index in [0.717, 1.165) is 16.7 Å². The second-order valence-corrected chi connectivity index (χ2v) is 7.61. The largest absolute Gasteiger partial charge is 0.354 e. The third kappa shape index (κ3) is 6.14. The maximum absolute atomic E-state index is 12.9. The van der Waals surface area contributed by atoms with E-state index in [1.807, 2.05) is 31.2 Å². The van der Waals surface area contributed by atoms with Crippen LogP contribution in [-0.4, -0.2) is 42.3 Å². The second-order valence-electron chi connectivity index (χ2n) is 7.61. The summed E-state index contributed by atoms with van der Waals surface area (Å²) in [5.74, 6) is -1.12. The molecule has 1 aliphatic heterocycles. The quantitative estimate of drug-likeness (QED) is 0.652. The van der Waals surface area contributed by atoms with E-state index in [9.17, 15) is 18.8 Å². The van der Waals surface area contributed by atoms with Crippen molar-refractivity contribution >= 4 is 17.7 Å². The Morgan fingerprint density at radius 3 is 2.33 bits per heavy atom. The lowest BCUT2D eigenvalue weighted by Gasteiger charge is -2.17. The van der Waals surface area contributed by atoms with Gasteiger partial charge in [0, 0.05) is 32.6 Å². The summed E-state index contributed by atoms with van der Waals surface area (Å²) in [6.45, 7) is 3.49. The van der Waals surface area contributed by atoms with Gasteiger partial charge in [-0.05, 0) is 30.2 Å². The third-order valence-electron chi connectivity index (χ3n) is 5.10. The van der Waals surface area contributed by atoms with Crippen molar-refractivity contribution in [2.45, 2.75) is 26.3 Å². The Hall–Kier alpha value is -3.22. The minimum atomic E-state index is -0.377. The van der Waals surface area contributed by atoms with Gasteiger partial charge in [0.1, 0.15) is 5.82 Å². The van der Waals surface area contributed by atoms with Crippen molar-refractivity contribution in [3.63, 3.8) is 0 Å². The average Bonchev–Trinajstić information content (AvgIpc) is 3.09. The van der Waals surface area contributed by atoms with E-state index in [1.165, 1.54) is 12.1 Å². The normalized spacial score (nSPS) is 15.9. The number of aryl methyl sites for hydroxylation is 1. The van der Waals surface area contributed by atoms with E-state index in [2.05, 4.69) is 10.6 Å². The monoisotopic (exact) mass is 411 g/mol. The molecule has 30 heavy (non-hydrogen) atoms. The summed E-state index contributed by atoms with van der Waals surface area (Å²) < 4.78 is 12.9. The summed E-state index contributed by atoms with van der Waals surface area (Å²) in [4.78, 5) is 38.2. The highest BCUT2D eigenvalue weighted by atomic mass is 19.1. The van der Waals surface area contributed by atoms with Crippen LogP contribution in [0.5, 0.6) is 0 Å². The summed E-state index contributed by atoms with van der Waals surface area (Å²) >= 11 is 0. The molecule has 1 aliphatic rings. The van der Waals surface area contributed by atoms with Gasteiger partial charge in [0.25, 0.3) is 0 Å². The molecule has 2 aromatic carbocycles. The molecule has 1 heterocycles. The second kappa shape index (κ2) is 10.0. The molecule has 0 radical (unpaired) electrons. The number of likely N-dealkylation sites (tertiary alicyclic amines) is 1. The molecule has 2 aromatic rings. The lowest BCUT2D eigenvalue weighted by atomic mass is 10.1. The topological polar surface area (TPSA) is 78.5 Å². The first-order valence-electron chi connectivity index (χ1n) is 10.0. The first-order chi connectivity index (χ1) is 14.4. The van der Waals surface area contributed by atoms with E-state index in [4.69, 9.17) is 0 Å². The van der Waals surface area contributed by atoms with Crippen LogP contribution < -0.4 is 10.6 Å². The maximum atomic E-state index is 12.9. The van der Waals surface area contributed by atoms with E-state index in [-0.39, 0.29) is 48.8 Å². The summed E-state index contributed by atoms with van der Waals surface area (Å²) in [5.41, 5.74) is 2.92. The molecule has 1 fully saturated rings. The molecule has 158 valence electrons. The number of nitrogens with zero attached hydrogens (tertiary/aromatic N) is 1. The van der Waals surface area contributed by atoms with Crippen LogP contribution in [0, 0.1) is 18.7 Å². The van der Waals surface area contributed by atoms with Crippen molar-refractivity contribution < 1.29 is 18.8 Å². The van der Waals surface area contributed by atoms with Crippen molar-refractivity contribution in [2.75, 3.05) is 19.6 Å². The molecule has 7 heteroatoms. The molecule has 0 spiro atoms. The van der Waals surface area contributed by atoms with E-state index in [0.29, 0.717) is 19.6 Å². The lowest BCUT2D eigenvalue weighted by Crippen LogP contribution is -2.38. The molecule has 3 rings (SSSR count). The van der Waals surface area contributed by atoms with Gasteiger partial charge in [-0.25, -0.2) is 4.39 Å². The standard InChI is InChI=1S/C23H26FN3O3/c1-16-2-4-18(5-3-16)14-27-15-19(13-22(27)29)23(30)26-11-10-25-21(28)12-17-6-8-20(24)9-7-17/h2-9,19H,10-15H2,1H3,(H,25,28)(H,26,30). The van der Waals surface area contributed by atoms with Crippen LogP contribution in [0.25, 0.3) is 0 Å². The molecule has 1 saturated heterocycles. The van der Waals surface area contributed by atoms with Crippen LogP contribution in [-0.2, 0) is 27.3 Å². The smallest absolute Gasteiger partial charge is 0.225 e. The number of carbonyl (C=O) groups excluding carboxylic acids is 3. The molecule has 3 amide bonds. The summed E-state index contributed by atoms with van der Waals surface area (Å²) in [7, 11) is 0. The first kappa shape index (κ1) is 21.5. The van der Waals surface area contributed by atoms with Crippen LogP contribution in [0.2, 0.25) is 0 Å². The number of carbonyl (C=O) groups is 3. The fourth-order valence-corrected chi connectivity index (χ4v) is 3.40. The van der Waals surface area contributed by atoms with Gasteiger partial charge in [0.05, 0.1) is 12.3 Å². The number of hydrogen-bond donors (Lipinski definition) is 2. The summed E-state index contributed by atoms with van der Waals surface area (Å²) in [5, 5.41) is 5.50. The average molecular weight is 411 g/mol. The van der Waals surface area contributed by atoms with Gasteiger partial charge in [-0.15, -0.1) is 0 Å². The fourth-order valence-electron chi connectivity index (χ4n) is 3.40. The summed E-state index contributed by atoms with van der Waals surface area (Å²) in [6.07, 6.45) is 0.355. The van der Waals surface area contributed by atoms with Crippen molar-refractivity contribution in [2.24, 2.45) is 5.92 Å². The highest BCUT2D eigenvalue weighted by Gasteiger charge is 2.33. The predicted octanol–water partition coefficient (Wildman–Crippen LogP) is 1.96. The van der Waals surface area contributed by atoms with Crippen molar-refractivity contribution in [1.82, 2.24) is 15.5 Å². The number of nitrogens with one attached hydrogen (secondary N) is 2. The SMILES string of the molecule is Cc1ccc(CN2CC(C(=O)NCCNC(=O)Cc3ccc(F)cc3)CC2=O)cc1. The van der Waals surface area contributed by atoms with E-state index < -0.39 is 0 Å². The predicted molar refractivity (Wildman–Crippen MR) is 111 cm³/mol. The number of hydrogen-bond acceptors (Lipinski definition) is 3. The van der Waals surface area contributed by atoms with Crippen molar-refractivity contribution in [3.05, 3.63) is 71.0 Å². The highest BCUT2D eigenvalue weighted by Crippen LogP contribution is 2.20. The van der Waals surface area contributed by atoms with Gasteiger partial charge in [0.15, 0.2) is 0 Å². The molecular weight excluding hydrogens is 385 g/mol. The van der Waals surface area contributed by atoms with Gasteiger partial charge in [0.2, 0.25) is 17.7 Å². The van der Waals surface area contributed by atoms with Crippen LogP contribution >= 0.6 is 0 Å². The molecule has 0 aliphatic carbocycles. The number of rotatable bonds is 8. The van der Waals surface area contributed by atoms with Crippen LogP contribution in [0.3, 0.4) is 0 Å². The zero-order valence-corrected chi connectivity index (χ0v) is 17.0. The zero-order chi connectivity index (χ0) is 21.5. The Balaban J connectivity index is 1.36. The molecule has 0 saturated carbocycles.